The molecule has 0 fully saturated rings. The highest BCUT2D eigenvalue weighted by Gasteiger charge is 2.11. The van der Waals surface area contributed by atoms with Gasteiger partial charge in [-0.2, -0.15) is 0 Å². The average molecular weight is 325 g/mol. The van der Waals surface area contributed by atoms with Crippen molar-refractivity contribution in [2.75, 3.05) is 12.3 Å². The molecule has 0 spiro atoms. The maximum atomic E-state index is 11.4. The van der Waals surface area contributed by atoms with E-state index in [2.05, 4.69) is 25.9 Å². The van der Waals surface area contributed by atoms with Crippen LogP contribution in [0.1, 0.15) is 32.6 Å². The van der Waals surface area contributed by atoms with Gasteiger partial charge in [-0.15, -0.1) is 0 Å². The van der Waals surface area contributed by atoms with Crippen LogP contribution in [-0.4, -0.2) is 27.0 Å². The van der Waals surface area contributed by atoms with E-state index in [0.29, 0.717) is 18.8 Å². The Balaban J connectivity index is 1.70. The SMILES string of the molecule is CCNC(=O)CCCCCn1cnc2c(N)nc3ccccc3c21. The molecule has 6 heteroatoms. The van der Waals surface area contributed by atoms with Crippen LogP contribution in [0.15, 0.2) is 30.6 Å². The number of nitrogen functional groups attached to an aromatic ring is 1. The summed E-state index contributed by atoms with van der Waals surface area (Å²) in [7, 11) is 0. The number of benzene rings is 1. The van der Waals surface area contributed by atoms with Crippen molar-refractivity contribution in [1.82, 2.24) is 19.9 Å². The molecule has 0 radical (unpaired) electrons. The van der Waals surface area contributed by atoms with Crippen LogP contribution in [0.4, 0.5) is 5.82 Å². The Morgan fingerprint density at radius 1 is 1.25 bits per heavy atom. The normalized spacial score (nSPS) is 11.2. The van der Waals surface area contributed by atoms with Crippen molar-refractivity contribution >= 4 is 33.7 Å². The molecule has 0 saturated carbocycles. The van der Waals surface area contributed by atoms with Gasteiger partial charge in [0.15, 0.2) is 5.82 Å². The fourth-order valence-electron chi connectivity index (χ4n) is 3.01. The molecule has 0 aliphatic heterocycles. The predicted octanol–water partition coefficient (Wildman–Crippen LogP) is 2.86. The van der Waals surface area contributed by atoms with Gasteiger partial charge in [0.2, 0.25) is 5.91 Å². The third-order valence-electron chi connectivity index (χ3n) is 4.16. The minimum atomic E-state index is 0.135. The van der Waals surface area contributed by atoms with Crippen molar-refractivity contribution in [3.05, 3.63) is 30.6 Å². The Hall–Kier alpha value is -2.63. The summed E-state index contributed by atoms with van der Waals surface area (Å²) in [6.07, 6.45) is 5.34. The number of aromatic nitrogens is 3. The second kappa shape index (κ2) is 7.29. The number of aryl methyl sites for hydroxylation is 1. The second-order valence-corrected chi connectivity index (χ2v) is 5.91. The fourth-order valence-corrected chi connectivity index (χ4v) is 3.01. The van der Waals surface area contributed by atoms with E-state index in [0.717, 1.165) is 47.7 Å². The molecule has 3 N–H and O–H groups in total. The topological polar surface area (TPSA) is 85.8 Å². The number of fused-ring (bicyclic) bond motifs is 3. The van der Waals surface area contributed by atoms with Gasteiger partial charge in [-0.25, -0.2) is 9.97 Å². The Morgan fingerprint density at radius 2 is 2.08 bits per heavy atom. The monoisotopic (exact) mass is 325 g/mol. The molecule has 2 aromatic heterocycles. The first-order valence-corrected chi connectivity index (χ1v) is 8.46. The fraction of sp³-hybridized carbons (Fsp3) is 0.389. The number of carbonyl (C=O) groups excluding carboxylic acids is 1. The molecule has 0 unspecified atom stereocenters. The number of nitrogens with one attached hydrogen (secondary N) is 1. The summed E-state index contributed by atoms with van der Waals surface area (Å²) in [5.74, 6) is 0.606. The first-order chi connectivity index (χ1) is 11.7. The van der Waals surface area contributed by atoms with E-state index < -0.39 is 0 Å². The second-order valence-electron chi connectivity index (χ2n) is 5.91. The number of para-hydroxylation sites is 1. The number of nitrogens with two attached hydrogens (primary N) is 1. The Bertz CT molecular complexity index is 855. The van der Waals surface area contributed by atoms with Crippen LogP contribution < -0.4 is 11.1 Å². The number of imidazole rings is 1. The first kappa shape index (κ1) is 16.2. The van der Waals surface area contributed by atoms with Crippen LogP contribution in [0.25, 0.3) is 21.9 Å². The predicted molar refractivity (Wildman–Crippen MR) is 96.6 cm³/mol. The third-order valence-corrected chi connectivity index (χ3v) is 4.16. The van der Waals surface area contributed by atoms with Gasteiger partial charge in [-0.1, -0.05) is 24.6 Å². The Labute approximate surface area is 141 Å². The molecule has 126 valence electrons. The van der Waals surface area contributed by atoms with Crippen molar-refractivity contribution in [3.63, 3.8) is 0 Å². The van der Waals surface area contributed by atoms with Gasteiger partial charge in [0, 0.05) is 24.9 Å². The van der Waals surface area contributed by atoms with Gasteiger partial charge in [0.1, 0.15) is 5.52 Å². The molecule has 0 aliphatic carbocycles. The summed E-state index contributed by atoms with van der Waals surface area (Å²) in [5, 5.41) is 3.90. The highest BCUT2D eigenvalue weighted by atomic mass is 16.1. The van der Waals surface area contributed by atoms with Gasteiger partial charge in [0.05, 0.1) is 17.4 Å². The molecular formula is C18H23N5O. The van der Waals surface area contributed by atoms with Crippen LogP contribution in [0, 0.1) is 0 Å². The van der Waals surface area contributed by atoms with Crippen LogP contribution in [0.5, 0.6) is 0 Å². The number of hydrogen-bond acceptors (Lipinski definition) is 4. The van der Waals surface area contributed by atoms with Crippen molar-refractivity contribution in [3.8, 4) is 0 Å². The number of hydrogen-bond donors (Lipinski definition) is 2. The van der Waals surface area contributed by atoms with E-state index in [4.69, 9.17) is 5.73 Å². The summed E-state index contributed by atoms with van der Waals surface area (Å²) in [4.78, 5) is 20.3. The van der Waals surface area contributed by atoms with E-state index in [1.807, 2.05) is 31.5 Å². The molecule has 0 aliphatic rings. The lowest BCUT2D eigenvalue weighted by Crippen LogP contribution is -2.22. The zero-order chi connectivity index (χ0) is 16.9. The number of anilines is 1. The maximum Gasteiger partial charge on any atom is 0.219 e. The molecule has 0 atom stereocenters. The molecule has 24 heavy (non-hydrogen) atoms. The Kier molecular flexibility index (Phi) is 4.93. The van der Waals surface area contributed by atoms with Crippen molar-refractivity contribution in [2.24, 2.45) is 0 Å². The number of nitrogens with zero attached hydrogens (tertiary/aromatic N) is 3. The molecular weight excluding hydrogens is 302 g/mol. The summed E-state index contributed by atoms with van der Waals surface area (Å²) < 4.78 is 2.14. The minimum absolute atomic E-state index is 0.135. The van der Waals surface area contributed by atoms with Crippen LogP contribution in [0.2, 0.25) is 0 Å². The number of rotatable bonds is 7. The summed E-state index contributed by atoms with van der Waals surface area (Å²) in [5.41, 5.74) is 8.74. The highest BCUT2D eigenvalue weighted by Crippen LogP contribution is 2.27. The number of pyridine rings is 1. The molecule has 0 bridgehead atoms. The standard InChI is InChI=1S/C18H23N5O/c1-2-20-15(24)10-4-3-7-11-23-12-21-16-17(23)13-8-5-6-9-14(13)22-18(16)19/h5-6,8-9,12H,2-4,7,10-11H2,1H3,(H2,19,22)(H,20,24). The van der Waals surface area contributed by atoms with Crippen molar-refractivity contribution in [2.45, 2.75) is 39.2 Å². The van der Waals surface area contributed by atoms with Gasteiger partial charge in [0.25, 0.3) is 0 Å². The first-order valence-electron chi connectivity index (χ1n) is 8.46. The number of unbranched alkanes of at least 4 members (excludes halogenated alkanes) is 2. The van der Waals surface area contributed by atoms with E-state index in [1.54, 1.807) is 0 Å². The van der Waals surface area contributed by atoms with Crippen LogP contribution >= 0.6 is 0 Å². The summed E-state index contributed by atoms with van der Waals surface area (Å²) >= 11 is 0. The Morgan fingerprint density at radius 3 is 2.92 bits per heavy atom. The van der Waals surface area contributed by atoms with Crippen LogP contribution in [-0.2, 0) is 11.3 Å². The lowest BCUT2D eigenvalue weighted by molar-refractivity contribution is -0.121. The quantitative estimate of drug-likeness (QED) is 0.654. The minimum Gasteiger partial charge on any atom is -0.382 e. The molecule has 1 aromatic carbocycles. The molecule has 3 aromatic rings. The van der Waals surface area contributed by atoms with Crippen LogP contribution in [0.3, 0.4) is 0 Å². The largest absolute Gasteiger partial charge is 0.382 e. The molecule has 3 rings (SSSR count). The van der Waals surface area contributed by atoms with Gasteiger partial charge in [-0.05, 0) is 25.8 Å². The number of amides is 1. The lowest BCUT2D eigenvalue weighted by atomic mass is 10.1. The molecule has 6 nitrogen and oxygen atoms in total. The highest BCUT2D eigenvalue weighted by molar-refractivity contribution is 6.06. The van der Waals surface area contributed by atoms with Crippen molar-refractivity contribution in [1.29, 1.82) is 0 Å². The lowest BCUT2D eigenvalue weighted by Gasteiger charge is -2.08. The average Bonchev–Trinajstić information content (AvgIpc) is 3.00. The summed E-state index contributed by atoms with van der Waals surface area (Å²) in [6.45, 7) is 3.49. The van der Waals surface area contributed by atoms with E-state index >= 15 is 0 Å². The van der Waals surface area contributed by atoms with Gasteiger partial charge >= 0.3 is 0 Å². The van der Waals surface area contributed by atoms with Crippen molar-refractivity contribution < 1.29 is 4.79 Å². The molecule has 0 saturated heterocycles. The van der Waals surface area contributed by atoms with E-state index in [-0.39, 0.29) is 5.91 Å². The zero-order valence-electron chi connectivity index (χ0n) is 14.0. The molecule has 2 heterocycles. The summed E-state index contributed by atoms with van der Waals surface area (Å²) in [6, 6.07) is 7.98. The van der Waals surface area contributed by atoms with Gasteiger partial charge in [-0.3, -0.25) is 4.79 Å². The van der Waals surface area contributed by atoms with E-state index in [1.165, 1.54) is 0 Å². The van der Waals surface area contributed by atoms with E-state index in [9.17, 15) is 4.79 Å². The van der Waals surface area contributed by atoms with Gasteiger partial charge < -0.3 is 15.6 Å². The third kappa shape index (κ3) is 3.32. The molecule has 1 amide bonds. The maximum absolute atomic E-state index is 11.4. The smallest absolute Gasteiger partial charge is 0.219 e. The zero-order valence-corrected chi connectivity index (χ0v) is 14.0. The number of carbonyl (C=O) groups is 1.